The van der Waals surface area contributed by atoms with E-state index in [9.17, 15) is 27.6 Å². The number of carbonyl (C=O) groups excluding carboxylic acids is 3. The van der Waals surface area contributed by atoms with Crippen LogP contribution in [0.2, 0.25) is 0 Å². The van der Waals surface area contributed by atoms with Gasteiger partial charge in [-0.3, -0.25) is 9.59 Å². The number of aromatic nitrogens is 1. The van der Waals surface area contributed by atoms with E-state index in [-0.39, 0.29) is 41.3 Å². The normalized spacial score (nSPS) is 14.0. The molecule has 2 aromatic carbocycles. The Morgan fingerprint density at radius 1 is 1.03 bits per heavy atom. The number of carbonyl (C=O) groups is 3. The summed E-state index contributed by atoms with van der Waals surface area (Å²) in [5.41, 5.74) is -3.14. The molecule has 0 radical (unpaired) electrons. The number of anilines is 2. The maximum atomic E-state index is 12.8. The molecule has 0 atom stereocenters. The predicted molar refractivity (Wildman–Crippen MR) is 120 cm³/mol. The number of hydrogen-bond donors (Lipinski definition) is 1. The van der Waals surface area contributed by atoms with Crippen LogP contribution in [0.25, 0.3) is 0 Å². The zero-order chi connectivity index (χ0) is 24.3. The first-order valence-electron chi connectivity index (χ1n) is 9.98. The summed E-state index contributed by atoms with van der Waals surface area (Å²) in [4.78, 5) is 44.0. The van der Waals surface area contributed by atoms with Crippen molar-refractivity contribution in [2.45, 2.75) is 16.9 Å². The molecule has 0 aliphatic carbocycles. The highest BCUT2D eigenvalue weighted by molar-refractivity contribution is 8.00. The molecule has 174 valence electrons. The molecule has 1 fully saturated rings. The average molecular weight is 486 g/mol. The zero-order valence-electron chi connectivity index (χ0n) is 17.5. The first-order chi connectivity index (χ1) is 16.2. The summed E-state index contributed by atoms with van der Waals surface area (Å²) in [6, 6.07) is 16.3. The second kappa shape index (κ2) is 9.56. The van der Waals surface area contributed by atoms with E-state index in [0.717, 1.165) is 4.90 Å². The molecule has 1 N–H and O–H groups in total. The minimum Gasteiger partial charge on any atom is -0.310 e. The Hall–Kier alpha value is -3.86. The van der Waals surface area contributed by atoms with Gasteiger partial charge in [0.2, 0.25) is 0 Å². The van der Waals surface area contributed by atoms with Crippen molar-refractivity contribution in [2.75, 3.05) is 16.8 Å². The van der Waals surface area contributed by atoms with Crippen LogP contribution in [-0.2, 0) is 11.3 Å². The first-order valence-corrected chi connectivity index (χ1v) is 10.8. The van der Waals surface area contributed by atoms with Gasteiger partial charge in [-0.2, -0.15) is 13.2 Å². The van der Waals surface area contributed by atoms with Gasteiger partial charge in [0.05, 0.1) is 5.69 Å². The lowest BCUT2D eigenvalue weighted by Gasteiger charge is -2.18. The molecule has 1 aliphatic rings. The van der Waals surface area contributed by atoms with E-state index in [0.29, 0.717) is 16.9 Å². The van der Waals surface area contributed by atoms with Gasteiger partial charge < -0.3 is 10.2 Å². The van der Waals surface area contributed by atoms with Crippen LogP contribution in [0.4, 0.5) is 29.5 Å². The molecule has 0 unspecified atom stereocenters. The number of nitrogens with one attached hydrogen (secondary N) is 1. The Kier molecular flexibility index (Phi) is 6.55. The van der Waals surface area contributed by atoms with Crippen LogP contribution in [0.3, 0.4) is 0 Å². The third kappa shape index (κ3) is 5.54. The number of halogens is 3. The molecule has 2 heterocycles. The Morgan fingerprint density at radius 2 is 1.74 bits per heavy atom. The number of imide groups is 1. The lowest BCUT2D eigenvalue weighted by Crippen LogP contribution is -2.32. The average Bonchev–Trinajstić information content (AvgIpc) is 3.07. The van der Waals surface area contributed by atoms with E-state index in [1.165, 1.54) is 35.4 Å². The summed E-state index contributed by atoms with van der Waals surface area (Å²) < 4.78 is 37.6. The molecule has 3 aromatic rings. The number of alkyl halides is 3. The van der Waals surface area contributed by atoms with E-state index in [4.69, 9.17) is 0 Å². The summed E-state index contributed by atoms with van der Waals surface area (Å²) in [5.74, 6) is -0.539. The zero-order valence-corrected chi connectivity index (χ0v) is 18.3. The molecule has 34 heavy (non-hydrogen) atoms. The molecule has 7 nitrogen and oxygen atoms in total. The van der Waals surface area contributed by atoms with Gasteiger partial charge in [0, 0.05) is 23.2 Å². The number of pyridine rings is 1. The van der Waals surface area contributed by atoms with Gasteiger partial charge >= 0.3 is 11.5 Å². The fourth-order valence-electron chi connectivity index (χ4n) is 3.36. The van der Waals surface area contributed by atoms with Crippen LogP contribution in [-0.4, -0.2) is 39.8 Å². The number of thioether (sulfide) groups is 1. The van der Waals surface area contributed by atoms with Gasteiger partial charge in [0.1, 0.15) is 12.4 Å². The van der Waals surface area contributed by atoms with Crippen molar-refractivity contribution >= 4 is 41.1 Å². The summed E-state index contributed by atoms with van der Waals surface area (Å²) in [6.45, 7) is -0.105. The van der Waals surface area contributed by atoms with Gasteiger partial charge in [-0.15, -0.1) is 0 Å². The fourth-order valence-corrected chi connectivity index (χ4v) is 3.90. The topological polar surface area (TPSA) is 82.6 Å². The van der Waals surface area contributed by atoms with Gasteiger partial charge in [0.25, 0.3) is 11.8 Å². The van der Waals surface area contributed by atoms with Crippen LogP contribution >= 0.6 is 11.8 Å². The Balaban J connectivity index is 1.43. The van der Waals surface area contributed by atoms with Crippen LogP contribution in [0.15, 0.2) is 77.8 Å². The summed E-state index contributed by atoms with van der Waals surface area (Å²) in [6.07, 6.45) is 1.48. The third-order valence-electron chi connectivity index (χ3n) is 4.84. The molecular formula is C23H17F3N4O3S. The third-order valence-corrected chi connectivity index (χ3v) is 5.58. The molecular weight excluding hydrogens is 469 g/mol. The highest BCUT2D eigenvalue weighted by atomic mass is 32.2. The van der Waals surface area contributed by atoms with Gasteiger partial charge in [0.15, 0.2) is 0 Å². The smallest absolute Gasteiger partial charge is 0.310 e. The van der Waals surface area contributed by atoms with E-state index in [1.807, 2.05) is 0 Å². The Bertz CT molecular complexity index is 1220. The van der Waals surface area contributed by atoms with Gasteiger partial charge in [-0.1, -0.05) is 18.2 Å². The van der Waals surface area contributed by atoms with Crippen LogP contribution < -0.4 is 10.2 Å². The lowest BCUT2D eigenvalue weighted by molar-refractivity contribution is -0.116. The summed E-state index contributed by atoms with van der Waals surface area (Å²) in [7, 11) is 0. The molecule has 11 heteroatoms. The highest BCUT2D eigenvalue weighted by Gasteiger charge is 2.37. The predicted octanol–water partition coefficient (Wildman–Crippen LogP) is 4.91. The van der Waals surface area contributed by atoms with E-state index in [2.05, 4.69) is 10.3 Å². The maximum absolute atomic E-state index is 12.8. The Labute approximate surface area is 196 Å². The van der Waals surface area contributed by atoms with Crippen molar-refractivity contribution in [1.29, 1.82) is 0 Å². The number of urea groups is 1. The first kappa shape index (κ1) is 23.3. The van der Waals surface area contributed by atoms with Crippen molar-refractivity contribution < 1.29 is 27.6 Å². The van der Waals surface area contributed by atoms with Crippen molar-refractivity contribution in [2.24, 2.45) is 0 Å². The summed E-state index contributed by atoms with van der Waals surface area (Å²) in [5, 5.41) is 2.69. The Morgan fingerprint density at radius 3 is 2.41 bits per heavy atom. The SMILES string of the molecule is O=C(Nc1cc(CN2CC(=O)N(c3ccc(SC(F)(F)F)cc3)C2=O)ccn1)c1ccccc1. The monoisotopic (exact) mass is 486 g/mol. The standard InChI is InChI=1S/C23H17F3N4O3S/c24-23(25,26)34-18-8-6-17(7-9-18)30-20(31)14-29(22(30)33)13-15-10-11-27-19(12-15)28-21(32)16-4-2-1-3-5-16/h1-12H,13-14H2,(H,27,28,32). The largest absolute Gasteiger partial charge is 0.446 e. The number of benzene rings is 2. The van der Waals surface area contributed by atoms with E-state index < -0.39 is 17.4 Å². The molecule has 0 bridgehead atoms. The minimum atomic E-state index is -4.43. The van der Waals surface area contributed by atoms with Crippen molar-refractivity contribution in [3.63, 3.8) is 0 Å². The van der Waals surface area contributed by atoms with E-state index >= 15 is 0 Å². The van der Waals surface area contributed by atoms with Gasteiger partial charge in [-0.25, -0.2) is 14.7 Å². The molecule has 4 amide bonds. The highest BCUT2D eigenvalue weighted by Crippen LogP contribution is 2.37. The maximum Gasteiger partial charge on any atom is 0.446 e. The number of rotatable bonds is 6. The number of hydrogen-bond acceptors (Lipinski definition) is 5. The van der Waals surface area contributed by atoms with Crippen molar-refractivity contribution in [3.8, 4) is 0 Å². The van der Waals surface area contributed by atoms with Crippen LogP contribution in [0.5, 0.6) is 0 Å². The van der Waals surface area contributed by atoms with E-state index in [1.54, 1.807) is 42.5 Å². The van der Waals surface area contributed by atoms with Crippen LogP contribution in [0.1, 0.15) is 15.9 Å². The quantitative estimate of drug-likeness (QED) is 0.395. The second-order valence-corrected chi connectivity index (χ2v) is 8.42. The van der Waals surface area contributed by atoms with Crippen molar-refractivity contribution in [3.05, 3.63) is 84.1 Å². The molecule has 0 spiro atoms. The second-order valence-electron chi connectivity index (χ2n) is 7.28. The lowest BCUT2D eigenvalue weighted by atomic mass is 10.2. The molecule has 0 saturated carbocycles. The minimum absolute atomic E-state index is 0.0472. The molecule has 1 aliphatic heterocycles. The summed E-state index contributed by atoms with van der Waals surface area (Å²) >= 11 is -0.275. The number of amides is 4. The molecule has 4 rings (SSSR count). The van der Waals surface area contributed by atoms with Gasteiger partial charge in [-0.05, 0) is 65.9 Å². The molecule has 1 aromatic heterocycles. The number of nitrogens with zero attached hydrogens (tertiary/aromatic N) is 3. The van der Waals surface area contributed by atoms with Crippen molar-refractivity contribution in [1.82, 2.24) is 9.88 Å². The fraction of sp³-hybridized carbons (Fsp3) is 0.130. The van der Waals surface area contributed by atoms with Crippen LogP contribution in [0, 0.1) is 0 Å². The molecule has 1 saturated heterocycles.